The Balaban J connectivity index is 3.89. The summed E-state index contributed by atoms with van der Waals surface area (Å²) in [5.74, 6) is 0.357. The Hall–Kier alpha value is -0.350. The van der Waals surface area contributed by atoms with Crippen LogP contribution in [0.5, 0.6) is 0 Å². The summed E-state index contributed by atoms with van der Waals surface area (Å²) < 4.78 is 22.4. The molecule has 3 nitrogen and oxygen atoms in total. The van der Waals surface area contributed by atoms with Crippen LogP contribution in [-0.4, -0.2) is 30.6 Å². The molecule has 4 heteroatoms. The van der Waals surface area contributed by atoms with E-state index in [1.165, 1.54) is 0 Å². The largest absolute Gasteiger partial charge is 0.390 e. The van der Waals surface area contributed by atoms with Gasteiger partial charge in [-0.05, 0) is 32.6 Å². The van der Waals surface area contributed by atoms with Crippen LogP contribution in [0, 0.1) is 0 Å². The molecule has 0 aliphatic carbocycles. The third kappa shape index (κ3) is 7.56. The van der Waals surface area contributed by atoms with Crippen LogP contribution in [0.4, 0.5) is 0 Å². The van der Waals surface area contributed by atoms with Gasteiger partial charge in [0.1, 0.15) is 9.84 Å². The van der Waals surface area contributed by atoms with Crippen molar-refractivity contribution in [3.63, 3.8) is 0 Å². The molecule has 1 unspecified atom stereocenters. The van der Waals surface area contributed by atoms with E-state index in [0.29, 0.717) is 19.3 Å². The van der Waals surface area contributed by atoms with Gasteiger partial charge in [-0.25, -0.2) is 8.42 Å². The summed E-state index contributed by atoms with van der Waals surface area (Å²) in [4.78, 5) is 0. The van der Waals surface area contributed by atoms with Gasteiger partial charge in [-0.1, -0.05) is 13.0 Å². The summed E-state index contributed by atoms with van der Waals surface area (Å²) >= 11 is 0. The van der Waals surface area contributed by atoms with E-state index in [9.17, 15) is 13.5 Å². The molecular formula is C11H22O3S. The van der Waals surface area contributed by atoms with Gasteiger partial charge in [0.05, 0.1) is 11.4 Å². The third-order valence-electron chi connectivity index (χ3n) is 2.50. The first-order valence-corrected chi connectivity index (χ1v) is 7.19. The molecule has 0 saturated carbocycles. The quantitative estimate of drug-likeness (QED) is 0.653. The SMILES string of the molecule is C=CCCC(C)(O)CCCS(=O)(=O)CC. The number of rotatable bonds is 8. The molecule has 0 rings (SSSR count). The minimum absolute atomic E-state index is 0.174. The van der Waals surface area contributed by atoms with Crippen molar-refractivity contribution in [2.45, 2.75) is 45.1 Å². The molecule has 0 aromatic carbocycles. The van der Waals surface area contributed by atoms with E-state index < -0.39 is 15.4 Å². The normalized spacial score (nSPS) is 15.9. The molecule has 0 radical (unpaired) electrons. The molecule has 0 aliphatic heterocycles. The molecular weight excluding hydrogens is 212 g/mol. The van der Waals surface area contributed by atoms with Gasteiger partial charge >= 0.3 is 0 Å². The van der Waals surface area contributed by atoms with Gasteiger partial charge in [-0.3, -0.25) is 0 Å². The van der Waals surface area contributed by atoms with Crippen molar-refractivity contribution < 1.29 is 13.5 Å². The van der Waals surface area contributed by atoms with Gasteiger partial charge in [0.15, 0.2) is 0 Å². The van der Waals surface area contributed by atoms with E-state index in [4.69, 9.17) is 0 Å². The molecule has 1 atom stereocenters. The third-order valence-corrected chi connectivity index (χ3v) is 4.29. The topological polar surface area (TPSA) is 54.4 Å². The predicted molar refractivity (Wildman–Crippen MR) is 63.6 cm³/mol. The van der Waals surface area contributed by atoms with E-state index in [1.807, 2.05) is 0 Å². The minimum atomic E-state index is -2.89. The van der Waals surface area contributed by atoms with Crippen LogP contribution in [-0.2, 0) is 9.84 Å². The molecule has 0 saturated heterocycles. The summed E-state index contributed by atoms with van der Waals surface area (Å²) in [6.45, 7) is 6.98. The highest BCUT2D eigenvalue weighted by molar-refractivity contribution is 7.91. The van der Waals surface area contributed by atoms with E-state index in [0.717, 1.165) is 6.42 Å². The number of hydrogen-bond acceptors (Lipinski definition) is 3. The molecule has 0 bridgehead atoms. The maximum Gasteiger partial charge on any atom is 0.150 e. The fraction of sp³-hybridized carbons (Fsp3) is 0.818. The van der Waals surface area contributed by atoms with Crippen LogP contribution in [0.15, 0.2) is 12.7 Å². The van der Waals surface area contributed by atoms with Gasteiger partial charge in [-0.15, -0.1) is 6.58 Å². The Morgan fingerprint density at radius 2 is 2.00 bits per heavy atom. The lowest BCUT2D eigenvalue weighted by Crippen LogP contribution is -2.24. The molecule has 0 aromatic heterocycles. The second kappa shape index (κ2) is 6.28. The predicted octanol–water partition coefficient (Wildman–Crippen LogP) is 1.92. The van der Waals surface area contributed by atoms with Crippen molar-refractivity contribution in [2.24, 2.45) is 0 Å². The lowest BCUT2D eigenvalue weighted by molar-refractivity contribution is 0.0425. The summed E-state index contributed by atoms with van der Waals surface area (Å²) in [6.07, 6.45) is 4.22. The smallest absolute Gasteiger partial charge is 0.150 e. The fourth-order valence-electron chi connectivity index (χ4n) is 1.36. The van der Waals surface area contributed by atoms with Crippen molar-refractivity contribution in [2.75, 3.05) is 11.5 Å². The zero-order chi connectivity index (χ0) is 11.9. The van der Waals surface area contributed by atoms with Crippen LogP contribution in [0.1, 0.15) is 39.5 Å². The maximum atomic E-state index is 11.2. The van der Waals surface area contributed by atoms with Crippen LogP contribution in [0.3, 0.4) is 0 Å². The van der Waals surface area contributed by atoms with E-state index >= 15 is 0 Å². The molecule has 0 spiro atoms. The standard InChI is InChI=1S/C11H22O3S/c1-4-6-8-11(3,12)9-7-10-15(13,14)5-2/h4,12H,1,5-10H2,2-3H3. The highest BCUT2D eigenvalue weighted by Crippen LogP contribution is 2.19. The van der Waals surface area contributed by atoms with Crippen LogP contribution >= 0.6 is 0 Å². The lowest BCUT2D eigenvalue weighted by Gasteiger charge is -2.22. The van der Waals surface area contributed by atoms with Crippen LogP contribution in [0.25, 0.3) is 0 Å². The van der Waals surface area contributed by atoms with Gasteiger partial charge in [0.2, 0.25) is 0 Å². The van der Waals surface area contributed by atoms with Gasteiger partial charge in [-0.2, -0.15) is 0 Å². The number of allylic oxidation sites excluding steroid dienone is 1. The van der Waals surface area contributed by atoms with E-state index in [-0.39, 0.29) is 11.5 Å². The molecule has 0 aromatic rings. The molecule has 0 amide bonds. The number of sulfone groups is 1. The Morgan fingerprint density at radius 1 is 1.40 bits per heavy atom. The lowest BCUT2D eigenvalue weighted by atomic mass is 9.95. The van der Waals surface area contributed by atoms with E-state index in [2.05, 4.69) is 6.58 Å². The highest BCUT2D eigenvalue weighted by atomic mass is 32.2. The van der Waals surface area contributed by atoms with Crippen molar-refractivity contribution >= 4 is 9.84 Å². The van der Waals surface area contributed by atoms with Gasteiger partial charge in [0, 0.05) is 5.75 Å². The number of hydrogen-bond donors (Lipinski definition) is 1. The Labute approximate surface area is 93.1 Å². The minimum Gasteiger partial charge on any atom is -0.390 e. The Kier molecular flexibility index (Phi) is 6.13. The van der Waals surface area contributed by atoms with Crippen LogP contribution in [0.2, 0.25) is 0 Å². The molecule has 0 fully saturated rings. The number of aliphatic hydroxyl groups is 1. The molecule has 90 valence electrons. The van der Waals surface area contributed by atoms with Crippen molar-refractivity contribution in [3.05, 3.63) is 12.7 Å². The fourth-order valence-corrected chi connectivity index (χ4v) is 2.23. The van der Waals surface area contributed by atoms with Crippen molar-refractivity contribution in [1.82, 2.24) is 0 Å². The average molecular weight is 234 g/mol. The molecule has 1 N–H and O–H groups in total. The zero-order valence-electron chi connectivity index (χ0n) is 9.70. The summed E-state index contributed by atoms with van der Waals surface area (Å²) in [6, 6.07) is 0. The Bertz CT molecular complexity index is 278. The molecule has 0 aliphatic rings. The summed E-state index contributed by atoms with van der Waals surface area (Å²) in [5, 5.41) is 9.87. The maximum absolute atomic E-state index is 11.2. The second-order valence-corrected chi connectivity index (χ2v) is 6.64. The monoisotopic (exact) mass is 234 g/mol. The van der Waals surface area contributed by atoms with Gasteiger partial charge in [0.25, 0.3) is 0 Å². The zero-order valence-corrected chi connectivity index (χ0v) is 10.5. The first-order valence-electron chi connectivity index (χ1n) is 5.37. The van der Waals surface area contributed by atoms with Crippen LogP contribution < -0.4 is 0 Å². The van der Waals surface area contributed by atoms with Gasteiger partial charge < -0.3 is 5.11 Å². The first kappa shape index (κ1) is 14.6. The summed E-state index contributed by atoms with van der Waals surface area (Å²) in [7, 11) is -2.89. The van der Waals surface area contributed by atoms with E-state index in [1.54, 1.807) is 19.9 Å². The summed E-state index contributed by atoms with van der Waals surface area (Å²) in [5.41, 5.74) is -0.766. The Morgan fingerprint density at radius 3 is 2.47 bits per heavy atom. The van der Waals surface area contributed by atoms with Crippen molar-refractivity contribution in [3.8, 4) is 0 Å². The second-order valence-electron chi connectivity index (χ2n) is 4.16. The molecule has 0 heterocycles. The first-order chi connectivity index (χ1) is 6.83. The molecule has 15 heavy (non-hydrogen) atoms. The van der Waals surface area contributed by atoms with Crippen molar-refractivity contribution in [1.29, 1.82) is 0 Å². The highest BCUT2D eigenvalue weighted by Gasteiger charge is 2.19. The average Bonchev–Trinajstić information content (AvgIpc) is 2.14.